The molecular formula is C16H22N4O2. The number of nitrogens with zero attached hydrogens (tertiary/aromatic N) is 3. The Morgan fingerprint density at radius 1 is 1.23 bits per heavy atom. The quantitative estimate of drug-likeness (QED) is 0.855. The van der Waals surface area contributed by atoms with E-state index in [4.69, 9.17) is 0 Å². The van der Waals surface area contributed by atoms with Gasteiger partial charge in [-0.05, 0) is 39.8 Å². The van der Waals surface area contributed by atoms with Gasteiger partial charge >= 0.3 is 5.97 Å². The number of carboxylic acid groups (broad SMARTS) is 1. The molecule has 22 heavy (non-hydrogen) atoms. The van der Waals surface area contributed by atoms with Crippen LogP contribution in [-0.2, 0) is 11.3 Å². The Labute approximate surface area is 130 Å². The minimum atomic E-state index is -0.900. The van der Waals surface area contributed by atoms with Crippen LogP contribution in [0, 0.1) is 5.41 Å². The largest absolute Gasteiger partial charge is 0.481 e. The van der Waals surface area contributed by atoms with Gasteiger partial charge in [0, 0.05) is 12.1 Å². The lowest BCUT2D eigenvalue weighted by atomic mass is 9.74. The lowest BCUT2D eigenvalue weighted by Gasteiger charge is -2.38. The van der Waals surface area contributed by atoms with Gasteiger partial charge in [0.1, 0.15) is 0 Å². The first-order valence-corrected chi connectivity index (χ1v) is 7.19. The Bertz CT molecular complexity index is 647. The fourth-order valence-electron chi connectivity index (χ4n) is 1.89. The predicted molar refractivity (Wildman–Crippen MR) is 83.7 cm³/mol. The molecule has 0 atom stereocenters. The second-order valence-electron chi connectivity index (χ2n) is 6.40. The number of benzene rings is 1. The van der Waals surface area contributed by atoms with Crippen LogP contribution >= 0.6 is 0 Å². The first-order chi connectivity index (χ1) is 10.2. The third-order valence-corrected chi connectivity index (χ3v) is 4.37. The molecule has 0 bridgehead atoms. The van der Waals surface area contributed by atoms with E-state index in [1.54, 1.807) is 18.5 Å². The molecule has 0 unspecified atom stereocenters. The Hall–Kier alpha value is -2.21. The molecule has 2 N–H and O–H groups in total. The minimum Gasteiger partial charge on any atom is -0.481 e. The molecule has 0 radical (unpaired) electrons. The number of hydrogen-bond acceptors (Lipinski definition) is 4. The first-order valence-electron chi connectivity index (χ1n) is 7.19. The fourth-order valence-corrected chi connectivity index (χ4v) is 1.89. The number of nitrogens with one attached hydrogen (secondary N) is 1. The van der Waals surface area contributed by atoms with Gasteiger partial charge in [-0.2, -0.15) is 0 Å². The van der Waals surface area contributed by atoms with E-state index in [1.165, 1.54) is 0 Å². The van der Waals surface area contributed by atoms with Crippen molar-refractivity contribution in [1.82, 2.24) is 20.3 Å². The van der Waals surface area contributed by atoms with Gasteiger partial charge in [0.25, 0.3) is 0 Å². The van der Waals surface area contributed by atoms with E-state index in [0.29, 0.717) is 6.54 Å². The number of carbonyl (C=O) groups is 1. The molecule has 6 heteroatoms. The Morgan fingerprint density at radius 3 is 2.45 bits per heavy atom. The van der Waals surface area contributed by atoms with Crippen LogP contribution in [0.2, 0.25) is 0 Å². The second kappa shape index (κ2) is 5.88. The van der Waals surface area contributed by atoms with Crippen LogP contribution in [0.1, 0.15) is 33.4 Å². The summed E-state index contributed by atoms with van der Waals surface area (Å²) in [7, 11) is 0. The maximum atomic E-state index is 11.4. The minimum absolute atomic E-state index is 0.455. The summed E-state index contributed by atoms with van der Waals surface area (Å²) in [6.07, 6.45) is 1.84. The van der Waals surface area contributed by atoms with Gasteiger partial charge in [-0.1, -0.05) is 23.4 Å². The monoisotopic (exact) mass is 302 g/mol. The molecular weight excluding hydrogens is 280 g/mol. The van der Waals surface area contributed by atoms with Crippen LogP contribution < -0.4 is 5.32 Å². The highest BCUT2D eigenvalue weighted by molar-refractivity contribution is 5.75. The number of hydrogen-bond donors (Lipinski definition) is 2. The molecule has 0 aliphatic carbocycles. The molecule has 2 rings (SSSR count). The summed E-state index contributed by atoms with van der Waals surface area (Å²) in [6.45, 7) is 7.63. The Balaban J connectivity index is 2.07. The normalized spacial score (nSPS) is 12.4. The lowest BCUT2D eigenvalue weighted by molar-refractivity contribution is -0.151. The Morgan fingerprint density at radius 2 is 1.86 bits per heavy atom. The van der Waals surface area contributed by atoms with E-state index in [-0.39, 0.29) is 0 Å². The Kier molecular flexibility index (Phi) is 4.32. The van der Waals surface area contributed by atoms with Gasteiger partial charge in [-0.3, -0.25) is 4.79 Å². The highest BCUT2D eigenvalue weighted by atomic mass is 16.4. The number of carboxylic acids is 1. The molecule has 0 aliphatic rings. The molecule has 1 aromatic carbocycles. The summed E-state index contributed by atoms with van der Waals surface area (Å²) in [4.78, 5) is 11.4. The molecule has 0 fully saturated rings. The molecule has 2 aromatic rings. The van der Waals surface area contributed by atoms with Crippen LogP contribution in [0.5, 0.6) is 0 Å². The zero-order valence-corrected chi connectivity index (χ0v) is 13.4. The van der Waals surface area contributed by atoms with Crippen molar-refractivity contribution in [2.75, 3.05) is 0 Å². The standard InChI is InChI=1S/C16H22N4O2/c1-15(2,14(21)22)16(3,4)17-10-12-11-20(19-18-12)13-8-6-5-7-9-13/h5-9,11,17H,10H2,1-4H3,(H,21,22). The maximum Gasteiger partial charge on any atom is 0.310 e. The molecule has 0 aliphatic heterocycles. The third kappa shape index (κ3) is 3.17. The summed E-state index contributed by atoms with van der Waals surface area (Å²) in [5.74, 6) is -0.835. The van der Waals surface area contributed by atoms with E-state index in [0.717, 1.165) is 11.4 Å². The molecule has 0 spiro atoms. The zero-order chi connectivity index (χ0) is 16.4. The summed E-state index contributed by atoms with van der Waals surface area (Å²) >= 11 is 0. The molecule has 118 valence electrons. The van der Waals surface area contributed by atoms with Gasteiger partial charge in [-0.25, -0.2) is 4.68 Å². The predicted octanol–water partition coefficient (Wildman–Crippen LogP) is 2.25. The molecule has 0 saturated carbocycles. The first kappa shape index (κ1) is 16.2. The fraction of sp³-hybridized carbons (Fsp3) is 0.438. The van der Waals surface area contributed by atoms with Crippen molar-refractivity contribution in [3.63, 3.8) is 0 Å². The molecule has 0 saturated heterocycles. The summed E-state index contributed by atoms with van der Waals surface area (Å²) in [5.41, 5.74) is 0.210. The van der Waals surface area contributed by atoms with Crippen LogP contribution in [-0.4, -0.2) is 31.6 Å². The van der Waals surface area contributed by atoms with E-state index in [1.807, 2.05) is 50.4 Å². The lowest BCUT2D eigenvalue weighted by Crippen LogP contribution is -2.54. The number of rotatable bonds is 6. The van der Waals surface area contributed by atoms with Gasteiger partial charge < -0.3 is 10.4 Å². The maximum absolute atomic E-state index is 11.4. The van der Waals surface area contributed by atoms with Crippen LogP contribution in [0.25, 0.3) is 5.69 Å². The van der Waals surface area contributed by atoms with Crippen LogP contribution in [0.3, 0.4) is 0 Å². The summed E-state index contributed by atoms with van der Waals surface area (Å²) in [6, 6.07) is 9.72. The van der Waals surface area contributed by atoms with Crippen molar-refractivity contribution in [3.8, 4) is 5.69 Å². The molecule has 6 nitrogen and oxygen atoms in total. The van der Waals surface area contributed by atoms with E-state index >= 15 is 0 Å². The van der Waals surface area contributed by atoms with Gasteiger partial charge in [0.2, 0.25) is 0 Å². The number of para-hydroxylation sites is 1. The van der Waals surface area contributed by atoms with Crippen molar-refractivity contribution in [3.05, 3.63) is 42.2 Å². The van der Waals surface area contributed by atoms with E-state index in [9.17, 15) is 9.90 Å². The summed E-state index contributed by atoms with van der Waals surface area (Å²) < 4.78 is 1.70. The van der Waals surface area contributed by atoms with Crippen molar-refractivity contribution in [1.29, 1.82) is 0 Å². The van der Waals surface area contributed by atoms with Gasteiger partial charge in [0.15, 0.2) is 0 Å². The topological polar surface area (TPSA) is 80.0 Å². The van der Waals surface area contributed by atoms with Gasteiger partial charge in [0.05, 0.1) is 23.0 Å². The number of aromatic nitrogens is 3. The molecule has 1 heterocycles. The second-order valence-corrected chi connectivity index (χ2v) is 6.40. The van der Waals surface area contributed by atoms with E-state index in [2.05, 4.69) is 15.6 Å². The van der Waals surface area contributed by atoms with Crippen molar-refractivity contribution < 1.29 is 9.90 Å². The average Bonchev–Trinajstić information content (AvgIpc) is 2.95. The third-order valence-electron chi connectivity index (χ3n) is 4.37. The average molecular weight is 302 g/mol. The van der Waals surface area contributed by atoms with Crippen molar-refractivity contribution in [2.45, 2.75) is 39.8 Å². The summed E-state index contributed by atoms with van der Waals surface area (Å²) in [5, 5.41) is 20.8. The van der Waals surface area contributed by atoms with Gasteiger partial charge in [-0.15, -0.1) is 5.10 Å². The molecule has 1 aromatic heterocycles. The highest BCUT2D eigenvalue weighted by Gasteiger charge is 2.43. The van der Waals surface area contributed by atoms with Crippen LogP contribution in [0.15, 0.2) is 36.5 Å². The van der Waals surface area contributed by atoms with Crippen LogP contribution in [0.4, 0.5) is 0 Å². The number of aliphatic carboxylic acids is 1. The van der Waals surface area contributed by atoms with E-state index < -0.39 is 16.9 Å². The van der Waals surface area contributed by atoms with Crippen molar-refractivity contribution in [2.24, 2.45) is 5.41 Å². The molecule has 0 amide bonds. The smallest absolute Gasteiger partial charge is 0.310 e. The zero-order valence-electron chi connectivity index (χ0n) is 13.4. The SMILES string of the molecule is CC(C)(NCc1cn(-c2ccccc2)nn1)C(C)(C)C(=O)O. The highest BCUT2D eigenvalue weighted by Crippen LogP contribution is 2.30. The van der Waals surface area contributed by atoms with Crippen molar-refractivity contribution >= 4 is 5.97 Å².